The number of furan rings is 1. The molecule has 43 heavy (non-hydrogen) atoms. The van der Waals surface area contributed by atoms with Crippen LogP contribution in [-0.2, 0) is 29.1 Å². The van der Waals surface area contributed by atoms with Crippen LogP contribution in [0.15, 0.2) is 64.1 Å². The predicted octanol–water partition coefficient (Wildman–Crippen LogP) is 4.45. The first-order valence-electron chi connectivity index (χ1n) is 14.7. The van der Waals surface area contributed by atoms with Crippen LogP contribution < -0.4 is 25.4 Å². The lowest BCUT2D eigenvalue weighted by molar-refractivity contribution is -0.137. The van der Waals surface area contributed by atoms with Crippen LogP contribution in [-0.4, -0.2) is 48.1 Å². The van der Waals surface area contributed by atoms with E-state index in [9.17, 15) is 14.4 Å². The summed E-state index contributed by atoms with van der Waals surface area (Å²) >= 11 is 0. The molecule has 10 heteroatoms. The van der Waals surface area contributed by atoms with E-state index in [4.69, 9.17) is 9.15 Å². The zero-order chi connectivity index (χ0) is 30.7. The summed E-state index contributed by atoms with van der Waals surface area (Å²) in [6.07, 6.45) is 4.96. The lowest BCUT2D eigenvalue weighted by Crippen LogP contribution is -2.47. The minimum atomic E-state index is -1.14. The summed E-state index contributed by atoms with van der Waals surface area (Å²) < 4.78 is 13.3. The molecule has 0 bridgehead atoms. The van der Waals surface area contributed by atoms with E-state index in [2.05, 4.69) is 16.4 Å². The van der Waals surface area contributed by atoms with E-state index in [1.165, 1.54) is 0 Å². The van der Waals surface area contributed by atoms with Crippen molar-refractivity contribution >= 4 is 34.2 Å². The molecule has 0 radical (unpaired) electrons. The van der Waals surface area contributed by atoms with Gasteiger partial charge < -0.3 is 28.8 Å². The van der Waals surface area contributed by atoms with E-state index in [1.807, 2.05) is 44.2 Å². The number of benzene rings is 1. The summed E-state index contributed by atoms with van der Waals surface area (Å²) in [6.45, 7) is 9.97. The number of ether oxygens (including phenoxy) is 1. The Kier molecular flexibility index (Phi) is 8.68. The third kappa shape index (κ3) is 6.06. The molecule has 0 unspecified atom stereocenters. The summed E-state index contributed by atoms with van der Waals surface area (Å²) in [6, 6.07) is 13.1. The first-order chi connectivity index (χ1) is 20.6. The molecule has 2 amide bonds. The zero-order valence-electron chi connectivity index (χ0n) is 25.5. The Morgan fingerprint density at radius 1 is 1.05 bits per heavy atom. The monoisotopic (exact) mass is 585 g/mol. The maximum Gasteiger partial charge on any atom is 0.261 e. The number of anilines is 2. The third-order valence-electron chi connectivity index (χ3n) is 7.97. The van der Waals surface area contributed by atoms with E-state index in [0.29, 0.717) is 60.8 Å². The van der Waals surface area contributed by atoms with Crippen molar-refractivity contribution in [1.82, 2.24) is 14.9 Å². The van der Waals surface area contributed by atoms with Crippen molar-refractivity contribution in [3.63, 3.8) is 0 Å². The van der Waals surface area contributed by atoms with Gasteiger partial charge in [-0.1, -0.05) is 6.07 Å². The minimum absolute atomic E-state index is 0.0577. The second-order valence-corrected chi connectivity index (χ2v) is 11.4. The van der Waals surface area contributed by atoms with Gasteiger partial charge in [0, 0.05) is 57.3 Å². The van der Waals surface area contributed by atoms with Crippen LogP contribution in [0.4, 0.5) is 11.4 Å². The number of carbonyl (C=O) groups is 2. The maximum atomic E-state index is 13.1. The van der Waals surface area contributed by atoms with Gasteiger partial charge in [0.2, 0.25) is 11.8 Å². The van der Waals surface area contributed by atoms with Gasteiger partial charge in [0.1, 0.15) is 22.5 Å². The van der Waals surface area contributed by atoms with Crippen LogP contribution >= 0.6 is 0 Å². The second kappa shape index (κ2) is 12.4. The lowest BCUT2D eigenvalue weighted by atomic mass is 9.90. The summed E-state index contributed by atoms with van der Waals surface area (Å²) in [4.78, 5) is 46.8. The highest BCUT2D eigenvalue weighted by Gasteiger charge is 2.45. The van der Waals surface area contributed by atoms with Gasteiger partial charge in [-0.25, -0.2) is 0 Å². The summed E-state index contributed by atoms with van der Waals surface area (Å²) in [5.74, 6) is 0.921. The first kappa shape index (κ1) is 30.0. The highest BCUT2D eigenvalue weighted by atomic mass is 16.5. The van der Waals surface area contributed by atoms with Crippen LogP contribution in [0.3, 0.4) is 0 Å². The van der Waals surface area contributed by atoms with Crippen LogP contribution in [0.25, 0.3) is 11.0 Å². The summed E-state index contributed by atoms with van der Waals surface area (Å²) in [5.41, 5.74) is 2.82. The van der Waals surface area contributed by atoms with Crippen LogP contribution in [0.1, 0.15) is 44.2 Å². The third-order valence-corrected chi connectivity index (χ3v) is 7.97. The molecule has 0 spiro atoms. The number of aryl methyl sites for hydroxylation is 3. The summed E-state index contributed by atoms with van der Waals surface area (Å²) in [5, 5.41) is 4.06. The molecule has 0 saturated carbocycles. The number of fused-ring (bicyclic) bond motifs is 2. The number of amides is 2. The van der Waals surface area contributed by atoms with Crippen molar-refractivity contribution in [2.24, 2.45) is 5.41 Å². The molecule has 4 heterocycles. The normalized spacial score (nSPS) is 14.7. The molecular weight excluding hydrogens is 546 g/mol. The van der Waals surface area contributed by atoms with E-state index in [1.54, 1.807) is 53.7 Å². The van der Waals surface area contributed by atoms with Crippen molar-refractivity contribution in [3.05, 3.63) is 82.2 Å². The average Bonchev–Trinajstić information content (AvgIpc) is 3.38. The van der Waals surface area contributed by atoms with Gasteiger partial charge in [0.25, 0.3) is 5.56 Å². The Bertz CT molecular complexity index is 1710. The maximum absolute atomic E-state index is 13.1. The van der Waals surface area contributed by atoms with Gasteiger partial charge in [0.05, 0.1) is 23.4 Å². The molecule has 1 aliphatic heterocycles. The molecule has 0 atom stereocenters. The topological polar surface area (TPSA) is 110 Å². The molecule has 5 rings (SSSR count). The number of hydrogen-bond acceptors (Lipinski definition) is 7. The predicted molar refractivity (Wildman–Crippen MR) is 167 cm³/mol. The zero-order valence-corrected chi connectivity index (χ0v) is 25.5. The number of rotatable bonds is 11. The minimum Gasteiger partial charge on any atom is -0.493 e. The quantitative estimate of drug-likeness (QED) is 0.205. The van der Waals surface area contributed by atoms with Gasteiger partial charge >= 0.3 is 0 Å². The lowest BCUT2D eigenvalue weighted by Gasteiger charge is -2.27. The van der Waals surface area contributed by atoms with Gasteiger partial charge in [-0.2, -0.15) is 0 Å². The van der Waals surface area contributed by atoms with E-state index in [-0.39, 0.29) is 17.4 Å². The van der Waals surface area contributed by atoms with Gasteiger partial charge in [-0.15, -0.1) is 0 Å². The second-order valence-electron chi connectivity index (χ2n) is 11.4. The highest BCUT2D eigenvalue weighted by Crippen LogP contribution is 2.40. The smallest absolute Gasteiger partial charge is 0.261 e. The van der Waals surface area contributed by atoms with Gasteiger partial charge in [-0.3, -0.25) is 19.4 Å². The average molecular weight is 586 g/mol. The molecule has 1 aromatic carbocycles. The fourth-order valence-corrected chi connectivity index (χ4v) is 5.54. The summed E-state index contributed by atoms with van der Waals surface area (Å²) in [7, 11) is 1.70. The molecule has 1 aliphatic rings. The largest absolute Gasteiger partial charge is 0.493 e. The van der Waals surface area contributed by atoms with E-state index < -0.39 is 5.41 Å². The molecule has 10 nitrogen and oxygen atoms in total. The molecule has 4 aromatic rings. The Balaban J connectivity index is 1.13. The number of nitrogens with one attached hydrogen (secondary N) is 1. The van der Waals surface area contributed by atoms with Gasteiger partial charge in [-0.05, 0) is 76.6 Å². The standard InChI is InChI=1S/C33H39N5O5/c1-6-38-27-11-10-24(20-28(27)36(5)31(40)33(3,4)32(38)41)42-18-8-14-34-21-23-9-7-15-35-26(23)12-16-37-17-13-29-25(30(37)39)19-22(2)43-29/h7,9-11,13,15,17,19-20,34H,6,8,12,14,16,18,21H2,1-5H3. The highest BCUT2D eigenvalue weighted by molar-refractivity contribution is 6.20. The molecule has 226 valence electrons. The molecule has 0 fully saturated rings. The van der Waals surface area contributed by atoms with Crippen molar-refractivity contribution in [3.8, 4) is 5.75 Å². The number of pyridine rings is 2. The number of carbonyl (C=O) groups excluding carboxylic acids is 2. The van der Waals surface area contributed by atoms with Crippen LogP contribution in [0.2, 0.25) is 0 Å². The Labute approximate surface area is 251 Å². The number of hydrogen-bond donors (Lipinski definition) is 1. The number of aromatic nitrogens is 2. The molecule has 0 aliphatic carbocycles. The Morgan fingerprint density at radius 3 is 2.65 bits per heavy atom. The molecule has 3 aromatic heterocycles. The fraction of sp³-hybridized carbons (Fsp3) is 0.394. The van der Waals surface area contributed by atoms with Gasteiger partial charge in [0.15, 0.2) is 0 Å². The molecule has 0 saturated heterocycles. The fourth-order valence-electron chi connectivity index (χ4n) is 5.54. The Morgan fingerprint density at radius 2 is 1.86 bits per heavy atom. The van der Waals surface area contributed by atoms with E-state index in [0.717, 1.165) is 30.0 Å². The van der Waals surface area contributed by atoms with Crippen LogP contribution in [0.5, 0.6) is 5.75 Å². The van der Waals surface area contributed by atoms with Crippen molar-refractivity contribution in [2.75, 3.05) is 36.5 Å². The first-order valence-corrected chi connectivity index (χ1v) is 14.7. The molecule has 1 N–H and O–H groups in total. The van der Waals surface area contributed by atoms with E-state index >= 15 is 0 Å². The van der Waals surface area contributed by atoms with Crippen LogP contribution in [0, 0.1) is 12.3 Å². The Hall–Kier alpha value is -4.44. The SMILES string of the molecule is CCN1C(=O)C(C)(C)C(=O)N(C)c2cc(OCCCNCc3cccnc3CCn3ccc4oc(C)cc4c3=O)ccc21. The number of nitrogens with zero attached hydrogens (tertiary/aromatic N) is 4. The van der Waals surface area contributed by atoms with Crippen molar-refractivity contribution < 1.29 is 18.7 Å². The van der Waals surface area contributed by atoms with Crippen molar-refractivity contribution in [2.45, 2.75) is 53.6 Å². The molecular formula is C33H39N5O5. The van der Waals surface area contributed by atoms with Crippen molar-refractivity contribution in [1.29, 1.82) is 0 Å².